The van der Waals surface area contributed by atoms with Crippen molar-refractivity contribution in [2.45, 2.75) is 58.2 Å². The molecule has 0 saturated carbocycles. The molecule has 5 aromatic rings. The van der Waals surface area contributed by atoms with Crippen LogP contribution >= 0.6 is 0 Å². The van der Waals surface area contributed by atoms with Gasteiger partial charge in [0.05, 0.1) is 87.7 Å². The number of carbonyl (C=O) groups excluding carboxylic acids is 4. The molecule has 0 radical (unpaired) electrons. The van der Waals surface area contributed by atoms with Crippen LogP contribution in [0.5, 0.6) is 0 Å². The average Bonchev–Trinajstić information content (AvgIpc) is 3.37. The Balaban J connectivity index is 0.839. The lowest BCUT2D eigenvalue weighted by molar-refractivity contribution is -0.137. The Bertz CT molecular complexity index is 2660. The molecule has 388 valence electrons. The van der Waals surface area contributed by atoms with E-state index in [1.807, 2.05) is 32.0 Å². The van der Waals surface area contributed by atoms with Gasteiger partial charge in [0.25, 0.3) is 5.56 Å². The summed E-state index contributed by atoms with van der Waals surface area (Å²) in [5.74, 6) is -0.326. The van der Waals surface area contributed by atoms with Gasteiger partial charge < -0.3 is 49.9 Å². The van der Waals surface area contributed by atoms with Gasteiger partial charge in [-0.2, -0.15) is 13.2 Å². The Hall–Kier alpha value is -6.52. The summed E-state index contributed by atoms with van der Waals surface area (Å²) in [6.45, 7) is 7.43. The number of hydrogen-bond acceptors (Lipinski definition) is 14. The number of piperazine rings is 1. The van der Waals surface area contributed by atoms with E-state index in [9.17, 15) is 37.1 Å². The van der Waals surface area contributed by atoms with Crippen LogP contribution in [-0.4, -0.2) is 148 Å². The van der Waals surface area contributed by atoms with Crippen molar-refractivity contribution >= 4 is 56.8 Å². The highest BCUT2D eigenvalue weighted by molar-refractivity contribution is 6.05. The van der Waals surface area contributed by atoms with Crippen LogP contribution in [-0.2, 0) is 49.0 Å². The molecule has 2 aromatic carbocycles. The van der Waals surface area contributed by atoms with Gasteiger partial charge in [0.2, 0.25) is 17.7 Å². The SMILES string of the molecule is CC(C)OCC(=O)NCCCC(=O)CCC(=O)NCCOCCOCCOCCOCCC(=O)N1CCN(c2ccc(-n3c(=O)ccc4cnc5ccc(-c6ccc(N)nc6)cc5c43)cc2C(F)(F)F)CC1. The number of alkyl halides is 3. The first-order valence-electron chi connectivity index (χ1n) is 24.1. The lowest BCUT2D eigenvalue weighted by atomic mass is 10.0. The molecule has 18 nitrogen and oxygen atoms in total. The Labute approximate surface area is 415 Å². The number of ketones is 1. The summed E-state index contributed by atoms with van der Waals surface area (Å²) in [4.78, 5) is 74.2. The van der Waals surface area contributed by atoms with Crippen molar-refractivity contribution in [2.24, 2.45) is 0 Å². The number of carbonyl (C=O) groups is 4. The predicted octanol–water partition coefficient (Wildman–Crippen LogP) is 5.09. The fourth-order valence-corrected chi connectivity index (χ4v) is 7.90. The molecular formula is C51H63F3N8O10. The van der Waals surface area contributed by atoms with Crippen molar-refractivity contribution in [3.05, 3.63) is 89.0 Å². The molecule has 72 heavy (non-hydrogen) atoms. The van der Waals surface area contributed by atoms with E-state index in [-0.39, 0.29) is 126 Å². The lowest BCUT2D eigenvalue weighted by Gasteiger charge is -2.37. The van der Waals surface area contributed by atoms with Crippen LogP contribution in [0.4, 0.5) is 24.7 Å². The molecule has 4 N–H and O–H groups in total. The van der Waals surface area contributed by atoms with Gasteiger partial charge in [-0.15, -0.1) is 0 Å². The topological polar surface area (TPSA) is 219 Å². The number of amides is 3. The molecule has 1 fully saturated rings. The second kappa shape index (κ2) is 27.3. The highest BCUT2D eigenvalue weighted by Crippen LogP contribution is 2.39. The van der Waals surface area contributed by atoms with Crippen molar-refractivity contribution in [1.29, 1.82) is 0 Å². The van der Waals surface area contributed by atoms with Gasteiger partial charge in [0, 0.05) is 99.0 Å². The van der Waals surface area contributed by atoms with Gasteiger partial charge in [-0.25, -0.2) is 4.98 Å². The van der Waals surface area contributed by atoms with Crippen LogP contribution < -0.4 is 26.8 Å². The number of rotatable bonds is 28. The molecule has 0 unspecified atom stereocenters. The lowest BCUT2D eigenvalue weighted by Crippen LogP contribution is -2.49. The first kappa shape index (κ1) is 54.8. The maximum absolute atomic E-state index is 14.9. The number of anilines is 2. The highest BCUT2D eigenvalue weighted by atomic mass is 19.4. The number of hydrogen-bond donors (Lipinski definition) is 3. The summed E-state index contributed by atoms with van der Waals surface area (Å²) < 4.78 is 73.1. The minimum absolute atomic E-state index is 0.0175. The number of nitrogens with one attached hydrogen (secondary N) is 2. The normalized spacial score (nSPS) is 13.0. The quantitative estimate of drug-likeness (QED) is 0.0439. The van der Waals surface area contributed by atoms with Gasteiger partial charge in [0.1, 0.15) is 18.2 Å². The zero-order valence-electron chi connectivity index (χ0n) is 40.7. The van der Waals surface area contributed by atoms with Gasteiger partial charge in [-0.05, 0) is 74.4 Å². The van der Waals surface area contributed by atoms with E-state index in [1.165, 1.54) is 22.8 Å². The van der Waals surface area contributed by atoms with E-state index in [0.29, 0.717) is 73.6 Å². The Morgan fingerprint density at radius 3 is 2.07 bits per heavy atom. The predicted molar refractivity (Wildman–Crippen MR) is 265 cm³/mol. The van der Waals surface area contributed by atoms with Crippen LogP contribution in [0, 0.1) is 0 Å². The van der Waals surface area contributed by atoms with Crippen LogP contribution in [0.2, 0.25) is 0 Å². The van der Waals surface area contributed by atoms with Crippen LogP contribution in [0.15, 0.2) is 77.9 Å². The van der Waals surface area contributed by atoms with Gasteiger partial charge in [-0.1, -0.05) is 6.07 Å². The van der Waals surface area contributed by atoms with Crippen molar-refractivity contribution in [2.75, 3.05) is 109 Å². The van der Waals surface area contributed by atoms with Crippen molar-refractivity contribution in [3.63, 3.8) is 0 Å². The van der Waals surface area contributed by atoms with E-state index in [4.69, 9.17) is 29.4 Å². The maximum Gasteiger partial charge on any atom is 0.418 e. The summed E-state index contributed by atoms with van der Waals surface area (Å²) in [5, 5.41) is 6.54. The molecule has 3 amide bonds. The third-order valence-corrected chi connectivity index (χ3v) is 11.6. The van der Waals surface area contributed by atoms with Crippen molar-refractivity contribution in [3.8, 4) is 16.8 Å². The highest BCUT2D eigenvalue weighted by Gasteiger charge is 2.36. The Morgan fingerprint density at radius 2 is 1.39 bits per heavy atom. The van der Waals surface area contributed by atoms with E-state index >= 15 is 0 Å². The van der Waals surface area contributed by atoms with Crippen LogP contribution in [0.25, 0.3) is 38.6 Å². The number of pyridine rings is 3. The summed E-state index contributed by atoms with van der Waals surface area (Å²) in [6, 6.07) is 15.8. The number of fused-ring (bicyclic) bond motifs is 3. The molecule has 0 atom stereocenters. The zero-order chi connectivity index (χ0) is 51.5. The molecular weight excluding hydrogens is 942 g/mol. The number of nitrogens with zero attached hydrogens (tertiary/aromatic N) is 5. The third-order valence-electron chi connectivity index (χ3n) is 11.6. The summed E-state index contributed by atoms with van der Waals surface area (Å²) in [6.07, 6.45) is -0.479. The summed E-state index contributed by atoms with van der Waals surface area (Å²) in [5.41, 5.74) is 6.88. The van der Waals surface area contributed by atoms with E-state index in [1.54, 1.807) is 40.4 Å². The number of benzene rings is 2. The Morgan fingerprint density at radius 1 is 0.708 bits per heavy atom. The fraction of sp³-hybridized carbons (Fsp3) is 0.471. The van der Waals surface area contributed by atoms with Crippen LogP contribution in [0.3, 0.4) is 0 Å². The Kier molecular flexibility index (Phi) is 20.8. The standard InChI is InChI=1S/C51H63F3N8O10/c1-35(2)72-34-47(65)56-16-3-4-40(63)9-13-46(64)57-17-23-69-25-27-71-29-28-70-26-24-68-22-15-48(66)61-20-18-60(19-21-61)44-11-8-39(31-42(44)51(52,53)54)62-49(67)14-7-38-33-58-43-10-5-36(30-41(43)50(38)62)37-6-12-45(55)59-32-37/h5-8,10-12,14,30-33,35H,3-4,9,13,15-29,34H2,1-2H3,(H2,55,59)(H,56,65)(H,57,64). The third kappa shape index (κ3) is 16.5. The van der Waals surface area contributed by atoms with Crippen molar-refractivity contribution < 1.29 is 56.0 Å². The van der Waals surface area contributed by atoms with E-state index in [0.717, 1.165) is 17.2 Å². The number of nitrogens with two attached hydrogens (primary N) is 1. The van der Waals surface area contributed by atoms with E-state index in [2.05, 4.69) is 20.6 Å². The molecule has 6 rings (SSSR count). The molecule has 4 heterocycles. The van der Waals surface area contributed by atoms with Crippen molar-refractivity contribution in [1.82, 2.24) is 30.1 Å². The monoisotopic (exact) mass is 1000 g/mol. The number of ether oxygens (including phenoxy) is 5. The largest absolute Gasteiger partial charge is 0.418 e. The maximum atomic E-state index is 14.9. The number of halogens is 3. The molecule has 0 aliphatic carbocycles. The molecule has 0 bridgehead atoms. The summed E-state index contributed by atoms with van der Waals surface area (Å²) >= 11 is 0. The average molecular weight is 1010 g/mol. The summed E-state index contributed by atoms with van der Waals surface area (Å²) in [7, 11) is 0. The molecule has 0 spiro atoms. The zero-order valence-corrected chi connectivity index (χ0v) is 40.7. The minimum Gasteiger partial charge on any atom is -0.384 e. The smallest absolute Gasteiger partial charge is 0.384 e. The molecule has 1 aliphatic heterocycles. The number of aromatic nitrogens is 3. The van der Waals surface area contributed by atoms with Crippen LogP contribution in [0.1, 0.15) is 51.5 Å². The molecule has 1 aliphatic rings. The second-order valence-corrected chi connectivity index (χ2v) is 17.2. The number of Topliss-reactive ketones (excluding diaryl/α,β-unsaturated/α-hetero) is 1. The first-order valence-corrected chi connectivity index (χ1v) is 24.1. The van der Waals surface area contributed by atoms with Gasteiger partial charge in [0.15, 0.2) is 0 Å². The van der Waals surface area contributed by atoms with Gasteiger partial charge >= 0.3 is 6.18 Å². The van der Waals surface area contributed by atoms with Gasteiger partial charge in [-0.3, -0.25) is 33.5 Å². The molecule has 1 saturated heterocycles. The molecule has 21 heteroatoms. The molecule has 3 aromatic heterocycles. The minimum atomic E-state index is -4.75. The second-order valence-electron chi connectivity index (χ2n) is 17.2. The first-order chi connectivity index (χ1) is 34.7. The fourth-order valence-electron chi connectivity index (χ4n) is 7.90. The van der Waals surface area contributed by atoms with E-state index < -0.39 is 17.3 Å². The number of nitrogen functional groups attached to an aromatic ring is 1.